The lowest BCUT2D eigenvalue weighted by Gasteiger charge is -2.28. The van der Waals surface area contributed by atoms with Crippen molar-refractivity contribution in [2.75, 3.05) is 6.54 Å². The highest BCUT2D eigenvalue weighted by molar-refractivity contribution is 6.30. The van der Waals surface area contributed by atoms with Gasteiger partial charge in [-0.2, -0.15) is 5.10 Å². The van der Waals surface area contributed by atoms with Crippen LogP contribution in [0.3, 0.4) is 0 Å². The van der Waals surface area contributed by atoms with E-state index in [0.29, 0.717) is 30.4 Å². The zero-order valence-electron chi connectivity index (χ0n) is 15.3. The van der Waals surface area contributed by atoms with E-state index in [-0.39, 0.29) is 12.0 Å². The Morgan fingerprint density at radius 2 is 1.89 bits per heavy atom. The average Bonchev–Trinajstić information content (AvgIpc) is 3.17. The summed E-state index contributed by atoms with van der Waals surface area (Å²) >= 11 is 5.97. The van der Waals surface area contributed by atoms with Crippen LogP contribution in [-0.4, -0.2) is 27.1 Å². The first-order valence-electron chi connectivity index (χ1n) is 9.47. The molecule has 0 radical (unpaired) electrons. The first-order chi connectivity index (χ1) is 13.7. The van der Waals surface area contributed by atoms with Gasteiger partial charge in [0.1, 0.15) is 6.10 Å². The molecule has 2 aliphatic rings. The predicted octanol–water partition coefficient (Wildman–Crippen LogP) is 4.01. The Morgan fingerprint density at radius 1 is 1.11 bits per heavy atom. The standard InChI is InChI=1S/C22H20ClN3O2/c23-18-7-5-16(6-8-18)21-13-26-19(14-28-21)11-20(24-26)22(27)25-10-9-15-3-1-2-4-17(15)12-25/h1-8,11,21H,9-10,12-14H2/t21-/m0/s1. The van der Waals surface area contributed by atoms with E-state index in [1.807, 2.05) is 46.0 Å². The molecule has 0 saturated carbocycles. The molecule has 2 aromatic carbocycles. The lowest BCUT2D eigenvalue weighted by atomic mass is 10.00. The second-order valence-corrected chi connectivity index (χ2v) is 7.74. The van der Waals surface area contributed by atoms with Crippen LogP contribution in [-0.2, 0) is 30.9 Å². The van der Waals surface area contributed by atoms with Crippen LogP contribution in [0.1, 0.15) is 39.0 Å². The van der Waals surface area contributed by atoms with Gasteiger partial charge < -0.3 is 9.64 Å². The Bertz CT molecular complexity index is 1030. The molecule has 5 rings (SSSR count). The van der Waals surface area contributed by atoms with E-state index < -0.39 is 0 Å². The van der Waals surface area contributed by atoms with Crippen molar-refractivity contribution >= 4 is 17.5 Å². The summed E-state index contributed by atoms with van der Waals surface area (Å²) in [4.78, 5) is 14.9. The van der Waals surface area contributed by atoms with Gasteiger partial charge in [0.2, 0.25) is 0 Å². The van der Waals surface area contributed by atoms with Crippen molar-refractivity contribution in [2.24, 2.45) is 0 Å². The fraction of sp³-hybridized carbons (Fsp3) is 0.273. The number of carbonyl (C=O) groups excluding carboxylic acids is 1. The first-order valence-corrected chi connectivity index (χ1v) is 9.85. The maximum absolute atomic E-state index is 13.0. The van der Waals surface area contributed by atoms with Gasteiger partial charge in [0.25, 0.3) is 5.91 Å². The minimum Gasteiger partial charge on any atom is -0.365 e. The highest BCUT2D eigenvalue weighted by Crippen LogP contribution is 2.28. The largest absolute Gasteiger partial charge is 0.365 e. The summed E-state index contributed by atoms with van der Waals surface area (Å²) in [5.41, 5.74) is 5.04. The summed E-state index contributed by atoms with van der Waals surface area (Å²) < 4.78 is 7.88. The minimum absolute atomic E-state index is 0.0144. The van der Waals surface area contributed by atoms with Gasteiger partial charge in [-0.25, -0.2) is 0 Å². The molecule has 3 heterocycles. The third-order valence-electron chi connectivity index (χ3n) is 5.51. The van der Waals surface area contributed by atoms with Gasteiger partial charge >= 0.3 is 0 Å². The number of carbonyl (C=O) groups is 1. The van der Waals surface area contributed by atoms with Crippen molar-refractivity contribution in [1.29, 1.82) is 0 Å². The molecule has 0 unspecified atom stereocenters. The van der Waals surface area contributed by atoms with E-state index in [2.05, 4.69) is 23.3 Å². The van der Waals surface area contributed by atoms with Crippen LogP contribution in [0.15, 0.2) is 54.6 Å². The molecule has 28 heavy (non-hydrogen) atoms. The van der Waals surface area contributed by atoms with Gasteiger partial charge in [-0.15, -0.1) is 0 Å². The molecule has 3 aromatic rings. The maximum atomic E-state index is 13.0. The van der Waals surface area contributed by atoms with Gasteiger partial charge in [0.05, 0.1) is 18.8 Å². The van der Waals surface area contributed by atoms with Crippen molar-refractivity contribution in [3.8, 4) is 0 Å². The van der Waals surface area contributed by atoms with Crippen LogP contribution in [0.2, 0.25) is 5.02 Å². The van der Waals surface area contributed by atoms with Gasteiger partial charge in [-0.05, 0) is 41.3 Å². The fourth-order valence-electron chi connectivity index (χ4n) is 3.94. The van der Waals surface area contributed by atoms with E-state index in [9.17, 15) is 4.79 Å². The lowest BCUT2D eigenvalue weighted by Crippen LogP contribution is -2.36. The van der Waals surface area contributed by atoms with E-state index in [0.717, 1.165) is 24.2 Å². The maximum Gasteiger partial charge on any atom is 0.274 e. The fourth-order valence-corrected chi connectivity index (χ4v) is 4.07. The average molecular weight is 394 g/mol. The number of halogens is 1. The monoisotopic (exact) mass is 393 g/mol. The van der Waals surface area contributed by atoms with Gasteiger partial charge in [0.15, 0.2) is 5.69 Å². The molecule has 1 atom stereocenters. The zero-order valence-corrected chi connectivity index (χ0v) is 16.1. The molecule has 0 fully saturated rings. The molecular weight excluding hydrogens is 374 g/mol. The second-order valence-electron chi connectivity index (χ2n) is 7.30. The normalized spacial score (nSPS) is 18.5. The Morgan fingerprint density at radius 3 is 2.71 bits per heavy atom. The molecule has 0 aliphatic carbocycles. The number of amides is 1. The smallest absolute Gasteiger partial charge is 0.274 e. The lowest BCUT2D eigenvalue weighted by molar-refractivity contribution is -0.00121. The number of hydrogen-bond acceptors (Lipinski definition) is 3. The molecule has 1 amide bonds. The van der Waals surface area contributed by atoms with E-state index in [1.54, 1.807) is 0 Å². The molecule has 2 aliphatic heterocycles. The van der Waals surface area contributed by atoms with Crippen LogP contribution in [0, 0.1) is 0 Å². The third kappa shape index (κ3) is 3.21. The van der Waals surface area contributed by atoms with Crippen LogP contribution < -0.4 is 0 Å². The van der Waals surface area contributed by atoms with Gasteiger partial charge in [-0.3, -0.25) is 9.48 Å². The molecule has 0 spiro atoms. The number of hydrogen-bond donors (Lipinski definition) is 0. The summed E-state index contributed by atoms with van der Waals surface area (Å²) in [5, 5.41) is 5.30. The van der Waals surface area contributed by atoms with Crippen molar-refractivity contribution in [3.63, 3.8) is 0 Å². The van der Waals surface area contributed by atoms with Crippen molar-refractivity contribution in [2.45, 2.75) is 32.2 Å². The molecular formula is C22H20ClN3O2. The molecule has 142 valence electrons. The topological polar surface area (TPSA) is 47.4 Å². The third-order valence-corrected chi connectivity index (χ3v) is 5.77. The highest BCUT2D eigenvalue weighted by atomic mass is 35.5. The van der Waals surface area contributed by atoms with Crippen LogP contribution >= 0.6 is 11.6 Å². The number of rotatable bonds is 2. The van der Waals surface area contributed by atoms with Crippen LogP contribution in [0.5, 0.6) is 0 Å². The summed E-state index contributed by atoms with van der Waals surface area (Å²) in [5.74, 6) is -0.0144. The molecule has 6 heteroatoms. The Balaban J connectivity index is 1.33. The first kappa shape index (κ1) is 17.5. The van der Waals surface area contributed by atoms with E-state index in [4.69, 9.17) is 16.3 Å². The quantitative estimate of drug-likeness (QED) is 0.661. The van der Waals surface area contributed by atoms with Crippen molar-refractivity contribution < 1.29 is 9.53 Å². The summed E-state index contributed by atoms with van der Waals surface area (Å²) in [7, 11) is 0. The summed E-state index contributed by atoms with van der Waals surface area (Å²) in [6, 6.07) is 17.8. The van der Waals surface area contributed by atoms with Crippen molar-refractivity contribution in [1.82, 2.24) is 14.7 Å². The number of nitrogens with zero attached hydrogens (tertiary/aromatic N) is 3. The SMILES string of the molecule is O=C(c1cc2n(n1)C[C@@H](c1ccc(Cl)cc1)OC2)N1CCc2ccccc2C1. The Labute approximate surface area is 168 Å². The molecule has 0 N–H and O–H groups in total. The Hall–Kier alpha value is -2.63. The predicted molar refractivity (Wildman–Crippen MR) is 106 cm³/mol. The molecule has 0 saturated heterocycles. The van der Waals surface area contributed by atoms with E-state index >= 15 is 0 Å². The van der Waals surface area contributed by atoms with Gasteiger partial charge in [-0.1, -0.05) is 48.0 Å². The van der Waals surface area contributed by atoms with Crippen molar-refractivity contribution in [3.05, 3.63) is 87.7 Å². The summed E-state index contributed by atoms with van der Waals surface area (Å²) in [6.45, 7) is 2.40. The minimum atomic E-state index is -0.0884. The van der Waals surface area contributed by atoms with E-state index in [1.165, 1.54) is 11.1 Å². The number of aromatic nitrogens is 2. The molecule has 0 bridgehead atoms. The number of benzene rings is 2. The number of ether oxygens (including phenoxy) is 1. The molecule has 5 nitrogen and oxygen atoms in total. The highest BCUT2D eigenvalue weighted by Gasteiger charge is 2.27. The second kappa shape index (κ2) is 7.08. The summed E-state index contributed by atoms with van der Waals surface area (Å²) in [6.07, 6.45) is 0.798. The number of fused-ring (bicyclic) bond motifs is 2. The zero-order chi connectivity index (χ0) is 19.1. The van der Waals surface area contributed by atoms with Crippen LogP contribution in [0.25, 0.3) is 0 Å². The van der Waals surface area contributed by atoms with Crippen LogP contribution in [0.4, 0.5) is 0 Å². The van der Waals surface area contributed by atoms with Gasteiger partial charge in [0, 0.05) is 18.1 Å². The Kier molecular flexibility index (Phi) is 4.41. The molecule has 1 aromatic heterocycles.